The average Bonchev–Trinajstić information content (AvgIpc) is 2.74. The van der Waals surface area contributed by atoms with E-state index in [4.69, 9.17) is 5.11 Å². The van der Waals surface area contributed by atoms with Crippen LogP contribution in [0, 0.1) is 0 Å². The smallest absolute Gasteiger partial charge is 0.460 e. The first-order valence-corrected chi connectivity index (χ1v) is 8.59. The average molecular weight is 634 g/mol. The Balaban J connectivity index is 7.06. The van der Waals surface area contributed by atoms with E-state index in [9.17, 15) is 97.0 Å². The van der Waals surface area contributed by atoms with E-state index in [-0.39, 0.29) is 0 Å². The van der Waals surface area contributed by atoms with Gasteiger partial charge in [0.2, 0.25) is 0 Å². The number of alkyl halides is 21. The van der Waals surface area contributed by atoms with Gasteiger partial charge in [0.1, 0.15) is 12.2 Å². The summed E-state index contributed by atoms with van der Waals surface area (Å²) in [7, 11) is 0. The number of halogens is 21. The van der Waals surface area contributed by atoms with Gasteiger partial charge in [-0.2, -0.15) is 92.2 Å². The van der Waals surface area contributed by atoms with Crippen LogP contribution in [0.2, 0.25) is 0 Å². The Morgan fingerprint density at radius 2 is 0.769 bits per heavy atom. The summed E-state index contributed by atoms with van der Waals surface area (Å²) in [4.78, 5) is 11.1. The van der Waals surface area contributed by atoms with E-state index in [0.29, 0.717) is 0 Å². The van der Waals surface area contributed by atoms with Crippen molar-refractivity contribution >= 4 is 5.97 Å². The van der Waals surface area contributed by atoms with Crippen LogP contribution in [0.1, 0.15) is 0 Å². The molecule has 0 amide bonds. The van der Waals surface area contributed by atoms with E-state index in [1.807, 2.05) is 0 Å². The Morgan fingerprint density at radius 1 is 0.513 bits per heavy atom. The minimum Gasteiger partial charge on any atom is -0.460 e. The maximum atomic E-state index is 13.7. The molecule has 0 bridgehead atoms. The van der Waals surface area contributed by atoms with E-state index in [0.717, 1.165) is 0 Å². The molecule has 0 aliphatic carbocycles. The number of hydrogen-bond donors (Lipinski definition) is 1. The first-order chi connectivity index (χ1) is 16.6. The normalized spacial score (nSPS) is 15.8. The Labute approximate surface area is 199 Å². The van der Waals surface area contributed by atoms with Crippen LogP contribution in [-0.4, -0.2) is 83.8 Å². The molecule has 0 aliphatic heterocycles. The van der Waals surface area contributed by atoms with Crippen LogP contribution in [0.4, 0.5) is 92.2 Å². The third-order valence-electron chi connectivity index (χ3n) is 4.46. The molecule has 0 saturated heterocycles. The Hall–Kier alpha value is -2.30. The Kier molecular flexibility index (Phi) is 9.09. The van der Waals surface area contributed by atoms with Gasteiger partial charge >= 0.3 is 65.4 Å². The molecule has 24 heteroatoms. The molecule has 0 atom stereocenters. The molecular formula is C15H7F21O3. The van der Waals surface area contributed by atoms with Crippen molar-refractivity contribution in [3.05, 3.63) is 12.2 Å². The minimum atomic E-state index is -9.28. The highest BCUT2D eigenvalue weighted by atomic mass is 19.4. The van der Waals surface area contributed by atoms with E-state index in [2.05, 4.69) is 4.74 Å². The Bertz CT molecular complexity index is 931. The van der Waals surface area contributed by atoms with Crippen molar-refractivity contribution in [3.63, 3.8) is 0 Å². The summed E-state index contributed by atoms with van der Waals surface area (Å²) in [5.41, 5.74) is -3.37. The van der Waals surface area contributed by atoms with Crippen LogP contribution in [0.15, 0.2) is 12.2 Å². The van der Waals surface area contributed by atoms with Crippen molar-refractivity contribution in [1.29, 1.82) is 0 Å². The third-order valence-corrected chi connectivity index (χ3v) is 4.46. The van der Waals surface area contributed by atoms with Crippen molar-refractivity contribution in [2.75, 3.05) is 13.2 Å². The van der Waals surface area contributed by atoms with Gasteiger partial charge < -0.3 is 9.84 Å². The fraction of sp³-hybridized carbons (Fsp3) is 0.800. The number of rotatable bonds is 12. The van der Waals surface area contributed by atoms with Crippen LogP contribution in [0.5, 0.6) is 0 Å². The van der Waals surface area contributed by atoms with Crippen LogP contribution < -0.4 is 0 Å². The van der Waals surface area contributed by atoms with Gasteiger partial charge in [-0.05, 0) is 0 Å². The molecule has 0 unspecified atom stereocenters. The maximum Gasteiger partial charge on any atom is 0.460 e. The van der Waals surface area contributed by atoms with Gasteiger partial charge in [0.25, 0.3) is 0 Å². The number of carbonyl (C=O) groups is 1. The van der Waals surface area contributed by atoms with Gasteiger partial charge in [0.05, 0.1) is 6.61 Å². The second kappa shape index (κ2) is 9.66. The number of aliphatic hydroxyl groups is 1. The lowest BCUT2D eigenvalue weighted by Crippen LogP contribution is -2.77. The van der Waals surface area contributed by atoms with Crippen molar-refractivity contribution < 1.29 is 107 Å². The molecule has 0 radical (unpaired) electrons. The molecular weight excluding hydrogens is 627 g/mol. The molecule has 39 heavy (non-hydrogen) atoms. The fourth-order valence-electron chi connectivity index (χ4n) is 2.10. The molecule has 0 aliphatic rings. The van der Waals surface area contributed by atoms with Crippen molar-refractivity contribution in [3.8, 4) is 0 Å². The fourth-order valence-corrected chi connectivity index (χ4v) is 2.10. The molecule has 0 aromatic carbocycles. The van der Waals surface area contributed by atoms with Gasteiger partial charge in [-0.25, -0.2) is 4.79 Å². The van der Waals surface area contributed by atoms with Crippen LogP contribution >= 0.6 is 0 Å². The highest BCUT2D eigenvalue weighted by Crippen LogP contribution is 2.66. The molecule has 232 valence electrons. The zero-order chi connectivity index (χ0) is 32.3. The predicted molar refractivity (Wildman–Crippen MR) is 77.8 cm³/mol. The second-order valence-corrected chi connectivity index (χ2v) is 7.01. The molecule has 0 fully saturated rings. The zero-order valence-corrected chi connectivity index (χ0v) is 17.3. The van der Waals surface area contributed by atoms with Gasteiger partial charge in [-0.1, -0.05) is 6.58 Å². The largest absolute Gasteiger partial charge is 0.460 e. The number of hydrogen-bond acceptors (Lipinski definition) is 3. The topological polar surface area (TPSA) is 46.5 Å². The second-order valence-electron chi connectivity index (χ2n) is 7.01. The summed E-state index contributed by atoms with van der Waals surface area (Å²) in [6, 6.07) is 0. The number of carbonyl (C=O) groups excluding carboxylic acids is 1. The summed E-state index contributed by atoms with van der Waals surface area (Å²) in [5.74, 6) is -81.8. The van der Waals surface area contributed by atoms with Crippen molar-refractivity contribution in [2.45, 2.75) is 59.5 Å². The maximum absolute atomic E-state index is 13.7. The van der Waals surface area contributed by atoms with E-state index < -0.39 is 84.2 Å². The van der Waals surface area contributed by atoms with Gasteiger partial charge in [-0.3, -0.25) is 0 Å². The number of aliphatic hydroxyl groups excluding tert-OH is 1. The molecule has 0 saturated carbocycles. The zero-order valence-electron chi connectivity index (χ0n) is 17.3. The van der Waals surface area contributed by atoms with Gasteiger partial charge in [0, 0.05) is 0 Å². The SMILES string of the molecule is C=C(C(=O)OCCO)C(F)(F)C(F)(F)C(F)(F)C(F)(F)C(F)(F)C(F)(F)C(F)(F)C(F)(F)C(F)(F)C(F)(F)F. The monoisotopic (exact) mass is 634 g/mol. The standard InChI is InChI=1S/C15H7F21O3/c1-4(5(38)39-3-2-37)6(16,17)7(18,19)8(20,21)9(22,23)10(24,25)11(26,27)12(28,29)13(30,31)14(32,33)15(34,35)36/h37H,1-3H2. The van der Waals surface area contributed by atoms with Crippen molar-refractivity contribution in [2.24, 2.45) is 0 Å². The van der Waals surface area contributed by atoms with Crippen LogP contribution in [0.3, 0.4) is 0 Å². The predicted octanol–water partition coefficient (Wildman–Crippen LogP) is 6.36. The molecule has 1 N–H and O–H groups in total. The summed E-state index contributed by atoms with van der Waals surface area (Å²) in [6.07, 6.45) is -8.06. The first kappa shape index (κ1) is 36.7. The number of esters is 1. The highest BCUT2D eigenvalue weighted by molar-refractivity contribution is 5.90. The summed E-state index contributed by atoms with van der Waals surface area (Å²) in [5, 5.41) is 8.24. The highest BCUT2D eigenvalue weighted by Gasteiger charge is 2.98. The van der Waals surface area contributed by atoms with E-state index in [1.165, 1.54) is 0 Å². The molecule has 0 rings (SSSR count). The van der Waals surface area contributed by atoms with Crippen LogP contribution in [0.25, 0.3) is 0 Å². The lowest BCUT2D eigenvalue weighted by atomic mass is 9.85. The molecule has 3 nitrogen and oxygen atoms in total. The molecule has 0 aromatic heterocycles. The Morgan fingerprint density at radius 3 is 1.03 bits per heavy atom. The van der Waals surface area contributed by atoms with Crippen LogP contribution in [-0.2, 0) is 9.53 Å². The van der Waals surface area contributed by atoms with E-state index >= 15 is 0 Å². The minimum absolute atomic E-state index is 1.33. The molecule has 0 aromatic rings. The summed E-state index contributed by atoms with van der Waals surface area (Å²) < 4.78 is 281. The quantitative estimate of drug-likeness (QED) is 0.155. The molecule has 0 heterocycles. The number of ether oxygens (including phenoxy) is 1. The van der Waals surface area contributed by atoms with E-state index in [1.54, 1.807) is 6.58 Å². The van der Waals surface area contributed by atoms with Gasteiger partial charge in [0.15, 0.2) is 0 Å². The lowest BCUT2D eigenvalue weighted by molar-refractivity contribution is -0.473. The molecule has 0 spiro atoms. The summed E-state index contributed by atoms with van der Waals surface area (Å²) >= 11 is 0. The van der Waals surface area contributed by atoms with Crippen molar-refractivity contribution in [1.82, 2.24) is 0 Å². The third kappa shape index (κ3) is 4.72. The first-order valence-electron chi connectivity index (χ1n) is 8.59. The van der Waals surface area contributed by atoms with Gasteiger partial charge in [-0.15, -0.1) is 0 Å². The summed E-state index contributed by atoms with van der Waals surface area (Å²) in [6.45, 7) is -1.11. The lowest BCUT2D eigenvalue weighted by Gasteiger charge is -2.44.